The van der Waals surface area contributed by atoms with Crippen LogP contribution in [0.2, 0.25) is 0 Å². The summed E-state index contributed by atoms with van der Waals surface area (Å²) in [5.41, 5.74) is 0.953. The molecule has 0 amide bonds. The molecule has 0 aliphatic carbocycles. The first-order chi connectivity index (χ1) is 7.15. The SMILES string of the molecule is Cc1cc(CN2CCC(=O)C(C)C2)no1. The van der Waals surface area contributed by atoms with Crippen molar-refractivity contribution in [3.05, 3.63) is 17.5 Å². The molecular formula is C11H16N2O2. The molecule has 1 aromatic rings. The fourth-order valence-corrected chi connectivity index (χ4v) is 1.96. The second kappa shape index (κ2) is 4.14. The largest absolute Gasteiger partial charge is 0.361 e. The maximum absolute atomic E-state index is 11.3. The summed E-state index contributed by atoms with van der Waals surface area (Å²) in [6.07, 6.45) is 0.665. The van der Waals surface area contributed by atoms with Crippen molar-refractivity contribution in [2.45, 2.75) is 26.8 Å². The Bertz CT molecular complexity index is 359. The first kappa shape index (κ1) is 10.4. The van der Waals surface area contributed by atoms with E-state index in [1.54, 1.807) is 0 Å². The molecule has 4 nitrogen and oxygen atoms in total. The minimum absolute atomic E-state index is 0.159. The van der Waals surface area contributed by atoms with Crippen LogP contribution in [-0.2, 0) is 11.3 Å². The Morgan fingerprint density at radius 1 is 1.67 bits per heavy atom. The highest BCUT2D eigenvalue weighted by molar-refractivity contribution is 5.81. The minimum atomic E-state index is 0.159. The summed E-state index contributed by atoms with van der Waals surface area (Å²) in [6, 6.07) is 1.95. The molecule has 1 unspecified atom stereocenters. The van der Waals surface area contributed by atoms with Crippen molar-refractivity contribution in [3.8, 4) is 0 Å². The van der Waals surface area contributed by atoms with Crippen LogP contribution >= 0.6 is 0 Å². The highest BCUT2D eigenvalue weighted by atomic mass is 16.5. The van der Waals surface area contributed by atoms with Gasteiger partial charge in [-0.1, -0.05) is 12.1 Å². The molecule has 2 rings (SSSR count). The molecule has 4 heteroatoms. The third-order valence-electron chi connectivity index (χ3n) is 2.82. The molecule has 1 aliphatic heterocycles. The van der Waals surface area contributed by atoms with Crippen LogP contribution in [0.15, 0.2) is 10.6 Å². The molecule has 82 valence electrons. The van der Waals surface area contributed by atoms with Gasteiger partial charge in [0.25, 0.3) is 0 Å². The quantitative estimate of drug-likeness (QED) is 0.737. The fraction of sp³-hybridized carbons (Fsp3) is 0.636. The second-order valence-corrected chi connectivity index (χ2v) is 4.28. The first-order valence-corrected chi connectivity index (χ1v) is 5.32. The van der Waals surface area contributed by atoms with E-state index in [0.29, 0.717) is 12.2 Å². The van der Waals surface area contributed by atoms with Gasteiger partial charge in [0, 0.05) is 38.0 Å². The van der Waals surface area contributed by atoms with Crippen molar-refractivity contribution in [2.75, 3.05) is 13.1 Å². The van der Waals surface area contributed by atoms with Crippen LogP contribution in [0.1, 0.15) is 24.8 Å². The van der Waals surface area contributed by atoms with Crippen molar-refractivity contribution in [1.82, 2.24) is 10.1 Å². The number of aromatic nitrogens is 1. The summed E-state index contributed by atoms with van der Waals surface area (Å²) in [5.74, 6) is 1.38. The fourth-order valence-electron chi connectivity index (χ4n) is 1.96. The van der Waals surface area contributed by atoms with Crippen LogP contribution in [0.25, 0.3) is 0 Å². The second-order valence-electron chi connectivity index (χ2n) is 4.28. The lowest BCUT2D eigenvalue weighted by Gasteiger charge is -2.28. The molecule has 1 atom stereocenters. The third-order valence-corrected chi connectivity index (χ3v) is 2.82. The van der Waals surface area contributed by atoms with Gasteiger partial charge in [0.2, 0.25) is 0 Å². The van der Waals surface area contributed by atoms with Gasteiger partial charge >= 0.3 is 0 Å². The molecule has 1 fully saturated rings. The maximum Gasteiger partial charge on any atom is 0.138 e. The standard InChI is InChI=1S/C11H16N2O2/c1-8-6-13(4-3-11(8)14)7-10-5-9(2)15-12-10/h5,8H,3-4,6-7H2,1-2H3. The summed E-state index contributed by atoms with van der Waals surface area (Å²) >= 11 is 0. The lowest BCUT2D eigenvalue weighted by Crippen LogP contribution is -2.39. The zero-order valence-electron chi connectivity index (χ0n) is 9.19. The number of hydrogen-bond acceptors (Lipinski definition) is 4. The Morgan fingerprint density at radius 3 is 3.07 bits per heavy atom. The van der Waals surface area contributed by atoms with Crippen molar-refractivity contribution in [2.24, 2.45) is 5.92 Å². The van der Waals surface area contributed by atoms with E-state index in [9.17, 15) is 4.79 Å². The monoisotopic (exact) mass is 208 g/mol. The highest BCUT2D eigenvalue weighted by Crippen LogP contribution is 2.15. The van der Waals surface area contributed by atoms with E-state index in [-0.39, 0.29) is 5.92 Å². The van der Waals surface area contributed by atoms with Crippen molar-refractivity contribution in [1.29, 1.82) is 0 Å². The van der Waals surface area contributed by atoms with Crippen LogP contribution in [0.5, 0.6) is 0 Å². The Labute approximate surface area is 89.2 Å². The maximum atomic E-state index is 11.3. The van der Waals surface area contributed by atoms with E-state index in [1.165, 1.54) is 0 Å². The number of nitrogens with zero attached hydrogens (tertiary/aromatic N) is 2. The van der Waals surface area contributed by atoms with Gasteiger partial charge in [-0.2, -0.15) is 0 Å². The molecule has 1 saturated heterocycles. The van der Waals surface area contributed by atoms with Gasteiger partial charge in [0.15, 0.2) is 0 Å². The van der Waals surface area contributed by atoms with Crippen LogP contribution in [0.4, 0.5) is 0 Å². The molecule has 1 aliphatic rings. The van der Waals surface area contributed by atoms with E-state index >= 15 is 0 Å². The molecule has 0 saturated carbocycles. The summed E-state index contributed by atoms with van der Waals surface area (Å²) in [6.45, 7) is 6.34. The number of likely N-dealkylation sites (tertiary alicyclic amines) is 1. The Morgan fingerprint density at radius 2 is 2.47 bits per heavy atom. The summed E-state index contributed by atoms with van der Waals surface area (Å²) in [7, 11) is 0. The smallest absolute Gasteiger partial charge is 0.138 e. The molecule has 0 radical (unpaired) electrons. The van der Waals surface area contributed by atoms with E-state index in [4.69, 9.17) is 4.52 Å². The van der Waals surface area contributed by atoms with Crippen molar-refractivity contribution >= 4 is 5.78 Å². The molecule has 1 aromatic heterocycles. The number of Topliss-reactive ketones (excluding diaryl/α,β-unsaturated/α-hetero) is 1. The van der Waals surface area contributed by atoms with Crippen LogP contribution in [0.3, 0.4) is 0 Å². The van der Waals surface area contributed by atoms with Gasteiger partial charge in [-0.15, -0.1) is 0 Å². The Hall–Kier alpha value is -1.16. The zero-order chi connectivity index (χ0) is 10.8. The van der Waals surface area contributed by atoms with Gasteiger partial charge < -0.3 is 4.52 Å². The number of piperidine rings is 1. The van der Waals surface area contributed by atoms with E-state index in [0.717, 1.165) is 31.1 Å². The summed E-state index contributed by atoms with van der Waals surface area (Å²) in [4.78, 5) is 13.6. The Kier molecular flexibility index (Phi) is 2.86. The third kappa shape index (κ3) is 2.45. The summed E-state index contributed by atoms with van der Waals surface area (Å²) in [5, 5.41) is 3.95. The van der Waals surface area contributed by atoms with Gasteiger partial charge in [0.05, 0.1) is 5.69 Å². The predicted molar refractivity (Wildman–Crippen MR) is 55.3 cm³/mol. The number of carbonyl (C=O) groups excluding carboxylic acids is 1. The normalized spacial score (nSPS) is 23.3. The molecule has 2 heterocycles. The van der Waals surface area contributed by atoms with E-state index in [2.05, 4.69) is 10.1 Å². The minimum Gasteiger partial charge on any atom is -0.361 e. The first-order valence-electron chi connectivity index (χ1n) is 5.32. The molecule has 0 spiro atoms. The summed E-state index contributed by atoms with van der Waals surface area (Å²) < 4.78 is 5.01. The lowest BCUT2D eigenvalue weighted by molar-refractivity contribution is -0.125. The van der Waals surface area contributed by atoms with E-state index in [1.807, 2.05) is 19.9 Å². The van der Waals surface area contributed by atoms with Gasteiger partial charge in [-0.3, -0.25) is 9.69 Å². The van der Waals surface area contributed by atoms with Crippen LogP contribution < -0.4 is 0 Å². The van der Waals surface area contributed by atoms with Crippen LogP contribution in [0, 0.1) is 12.8 Å². The zero-order valence-corrected chi connectivity index (χ0v) is 9.19. The number of aryl methyl sites for hydroxylation is 1. The molecule has 0 bridgehead atoms. The molecular weight excluding hydrogens is 192 g/mol. The number of hydrogen-bond donors (Lipinski definition) is 0. The predicted octanol–water partition coefficient (Wildman–Crippen LogP) is 1.39. The lowest BCUT2D eigenvalue weighted by atomic mass is 9.98. The number of rotatable bonds is 2. The topological polar surface area (TPSA) is 46.3 Å². The Balaban J connectivity index is 1.93. The molecule has 15 heavy (non-hydrogen) atoms. The molecule has 0 aromatic carbocycles. The average molecular weight is 208 g/mol. The van der Waals surface area contributed by atoms with Crippen molar-refractivity contribution in [3.63, 3.8) is 0 Å². The van der Waals surface area contributed by atoms with Gasteiger partial charge in [0.1, 0.15) is 11.5 Å². The molecule has 0 N–H and O–H groups in total. The number of carbonyl (C=O) groups is 1. The number of ketones is 1. The van der Waals surface area contributed by atoms with Crippen LogP contribution in [-0.4, -0.2) is 28.9 Å². The van der Waals surface area contributed by atoms with Crippen molar-refractivity contribution < 1.29 is 9.32 Å². The van der Waals surface area contributed by atoms with E-state index < -0.39 is 0 Å². The average Bonchev–Trinajstić information content (AvgIpc) is 2.58. The highest BCUT2D eigenvalue weighted by Gasteiger charge is 2.23. The van der Waals surface area contributed by atoms with Gasteiger partial charge in [-0.25, -0.2) is 0 Å². The van der Waals surface area contributed by atoms with Gasteiger partial charge in [-0.05, 0) is 6.92 Å².